The molecule has 0 amide bonds. The summed E-state index contributed by atoms with van der Waals surface area (Å²) in [7, 11) is -8.42. The van der Waals surface area contributed by atoms with Gasteiger partial charge in [0.1, 0.15) is 9.79 Å². The molecule has 1 aromatic rings. The molecule has 4 N–H and O–H groups in total. The van der Waals surface area contributed by atoms with E-state index in [1.54, 1.807) is 0 Å². The second-order valence-electron chi connectivity index (χ2n) is 2.66. The first-order valence-electron chi connectivity index (χ1n) is 3.48. The van der Waals surface area contributed by atoms with Gasteiger partial charge in [-0.05, 0) is 12.1 Å². The minimum atomic E-state index is -4.24. The number of sulfonamides is 2. The van der Waals surface area contributed by atoms with Crippen molar-refractivity contribution in [1.29, 1.82) is 0 Å². The number of hydrogen-bond donors (Lipinski definition) is 2. The van der Waals surface area contributed by atoms with E-state index in [1.165, 1.54) is 12.1 Å². The molecular weight excluding hydrogens is 264 g/mol. The number of hydrogen-bond acceptors (Lipinski definition) is 4. The van der Waals surface area contributed by atoms with E-state index in [1.807, 2.05) is 0 Å². The monoisotopic (exact) mass is 270 g/mol. The molecule has 0 fully saturated rings. The van der Waals surface area contributed by atoms with Crippen LogP contribution in [-0.4, -0.2) is 16.8 Å². The van der Waals surface area contributed by atoms with E-state index in [9.17, 15) is 16.8 Å². The highest BCUT2D eigenvalue weighted by Crippen LogP contribution is 2.26. The van der Waals surface area contributed by atoms with Crippen molar-refractivity contribution in [3.05, 3.63) is 23.2 Å². The quantitative estimate of drug-likeness (QED) is 0.762. The molecule has 0 aliphatic carbocycles. The molecule has 0 radical (unpaired) electrons. The van der Waals surface area contributed by atoms with Crippen LogP contribution in [0.1, 0.15) is 0 Å². The zero-order valence-corrected chi connectivity index (χ0v) is 9.60. The lowest BCUT2D eigenvalue weighted by atomic mass is 10.4. The fraction of sp³-hybridized carbons (Fsp3) is 0. The summed E-state index contributed by atoms with van der Waals surface area (Å²) >= 11 is 5.54. The summed E-state index contributed by atoms with van der Waals surface area (Å²) in [6.07, 6.45) is 0. The van der Waals surface area contributed by atoms with E-state index in [2.05, 4.69) is 0 Å². The number of halogens is 1. The van der Waals surface area contributed by atoms with Crippen molar-refractivity contribution >= 4 is 31.6 Å². The van der Waals surface area contributed by atoms with Gasteiger partial charge in [0.2, 0.25) is 20.0 Å². The zero-order valence-electron chi connectivity index (χ0n) is 7.21. The molecule has 15 heavy (non-hydrogen) atoms. The average molecular weight is 271 g/mol. The predicted molar refractivity (Wildman–Crippen MR) is 54.2 cm³/mol. The molecule has 0 aromatic heterocycles. The number of rotatable bonds is 2. The Bertz CT molecular complexity index is 594. The lowest BCUT2D eigenvalue weighted by molar-refractivity contribution is 0.584. The van der Waals surface area contributed by atoms with Crippen LogP contribution in [0.4, 0.5) is 0 Å². The maximum atomic E-state index is 11.1. The molecule has 0 spiro atoms. The minimum absolute atomic E-state index is 0.288. The van der Waals surface area contributed by atoms with Crippen molar-refractivity contribution in [1.82, 2.24) is 0 Å². The Morgan fingerprint density at radius 1 is 1.00 bits per heavy atom. The van der Waals surface area contributed by atoms with Gasteiger partial charge in [-0.15, -0.1) is 0 Å². The van der Waals surface area contributed by atoms with Crippen molar-refractivity contribution < 1.29 is 16.8 Å². The molecule has 0 aliphatic heterocycles. The third-order valence-electron chi connectivity index (χ3n) is 1.52. The number of benzene rings is 1. The summed E-state index contributed by atoms with van der Waals surface area (Å²) in [5.41, 5.74) is 0. The normalized spacial score (nSPS) is 12.7. The highest BCUT2D eigenvalue weighted by atomic mass is 35.5. The van der Waals surface area contributed by atoms with E-state index >= 15 is 0 Å². The van der Waals surface area contributed by atoms with Gasteiger partial charge in [-0.25, -0.2) is 27.1 Å². The molecule has 0 unspecified atom stereocenters. The third-order valence-corrected chi connectivity index (χ3v) is 4.04. The molecular formula is C6H7ClN2O4S2. The van der Waals surface area contributed by atoms with Crippen LogP contribution < -0.4 is 10.3 Å². The molecule has 0 saturated heterocycles. The Labute approximate surface area is 91.9 Å². The summed E-state index contributed by atoms with van der Waals surface area (Å²) in [4.78, 5) is -1.30. The SMILES string of the molecule is NS(=O)(=O)c1cccc(Cl)c1S(N)(=O)=O. The van der Waals surface area contributed by atoms with E-state index in [0.717, 1.165) is 6.07 Å². The van der Waals surface area contributed by atoms with Gasteiger partial charge in [0.05, 0.1) is 5.02 Å². The molecule has 0 heterocycles. The highest BCUT2D eigenvalue weighted by Gasteiger charge is 2.24. The molecule has 84 valence electrons. The second kappa shape index (κ2) is 3.72. The van der Waals surface area contributed by atoms with Crippen molar-refractivity contribution in [3.63, 3.8) is 0 Å². The van der Waals surface area contributed by atoms with E-state index in [0.29, 0.717) is 0 Å². The van der Waals surface area contributed by atoms with E-state index < -0.39 is 29.8 Å². The smallest absolute Gasteiger partial charge is 0.225 e. The molecule has 1 aromatic carbocycles. The molecule has 9 heteroatoms. The highest BCUT2D eigenvalue weighted by molar-refractivity contribution is 7.92. The first-order chi connectivity index (χ1) is 6.64. The van der Waals surface area contributed by atoms with Crippen molar-refractivity contribution in [2.45, 2.75) is 9.79 Å². The van der Waals surface area contributed by atoms with Crippen molar-refractivity contribution in [3.8, 4) is 0 Å². The molecule has 0 saturated carbocycles. The van der Waals surface area contributed by atoms with Crippen molar-refractivity contribution in [2.24, 2.45) is 10.3 Å². The minimum Gasteiger partial charge on any atom is -0.225 e. The Hall–Kier alpha value is -0.670. The first kappa shape index (κ1) is 12.4. The van der Waals surface area contributed by atoms with Crippen LogP contribution in [0.5, 0.6) is 0 Å². The predicted octanol–water partition coefficient (Wildman–Crippen LogP) is -0.365. The van der Waals surface area contributed by atoms with E-state index in [-0.39, 0.29) is 5.02 Å². The fourth-order valence-electron chi connectivity index (χ4n) is 0.989. The van der Waals surface area contributed by atoms with Gasteiger partial charge in [-0.3, -0.25) is 0 Å². The maximum absolute atomic E-state index is 11.1. The van der Waals surface area contributed by atoms with Gasteiger partial charge in [0.25, 0.3) is 0 Å². The van der Waals surface area contributed by atoms with Crippen molar-refractivity contribution in [2.75, 3.05) is 0 Å². The van der Waals surface area contributed by atoms with Crippen LogP contribution in [0.3, 0.4) is 0 Å². The van der Waals surface area contributed by atoms with Crippen LogP contribution in [-0.2, 0) is 20.0 Å². The summed E-state index contributed by atoms with van der Waals surface area (Å²) in [6, 6.07) is 3.48. The topological polar surface area (TPSA) is 120 Å². The summed E-state index contributed by atoms with van der Waals surface area (Å²) in [5.74, 6) is 0. The molecule has 0 aliphatic rings. The summed E-state index contributed by atoms with van der Waals surface area (Å²) < 4.78 is 44.3. The van der Waals surface area contributed by atoms with Gasteiger partial charge in [0.15, 0.2) is 0 Å². The largest absolute Gasteiger partial charge is 0.240 e. The van der Waals surface area contributed by atoms with Crippen LogP contribution in [0.2, 0.25) is 5.02 Å². The van der Waals surface area contributed by atoms with Crippen LogP contribution in [0.15, 0.2) is 28.0 Å². The van der Waals surface area contributed by atoms with Crippen LogP contribution in [0, 0.1) is 0 Å². The first-order valence-corrected chi connectivity index (χ1v) is 6.95. The lowest BCUT2D eigenvalue weighted by Crippen LogP contribution is -2.21. The van der Waals surface area contributed by atoms with E-state index in [4.69, 9.17) is 21.9 Å². The Morgan fingerprint density at radius 3 is 1.87 bits per heavy atom. The fourth-order valence-corrected chi connectivity index (χ4v) is 3.56. The van der Waals surface area contributed by atoms with Gasteiger partial charge in [0, 0.05) is 0 Å². The third kappa shape index (κ3) is 2.67. The summed E-state index contributed by atoms with van der Waals surface area (Å²) in [6.45, 7) is 0. The summed E-state index contributed by atoms with van der Waals surface area (Å²) in [5, 5.41) is 9.35. The lowest BCUT2D eigenvalue weighted by Gasteiger charge is -2.06. The van der Waals surface area contributed by atoms with Gasteiger partial charge < -0.3 is 0 Å². The van der Waals surface area contributed by atoms with Gasteiger partial charge in [-0.1, -0.05) is 17.7 Å². The molecule has 0 atom stereocenters. The number of primary sulfonamides is 2. The standard InChI is InChI=1S/C6H7ClN2O4S2/c7-4-2-1-3-5(14(8,10)11)6(4)15(9,12)13/h1-3H,(H2,8,10,11)(H2,9,12,13). The Kier molecular flexibility index (Phi) is 3.08. The second-order valence-corrected chi connectivity index (χ2v) is 6.09. The zero-order chi connectivity index (χ0) is 11.9. The Morgan fingerprint density at radius 2 is 1.53 bits per heavy atom. The molecule has 1 rings (SSSR count). The maximum Gasteiger partial charge on any atom is 0.240 e. The molecule has 6 nitrogen and oxygen atoms in total. The van der Waals surface area contributed by atoms with Gasteiger partial charge >= 0.3 is 0 Å². The average Bonchev–Trinajstić information content (AvgIpc) is 1.99. The molecule has 0 bridgehead atoms. The Balaban J connectivity index is 3.79. The van der Waals surface area contributed by atoms with Gasteiger partial charge in [-0.2, -0.15) is 0 Å². The van der Waals surface area contributed by atoms with Crippen LogP contribution in [0.25, 0.3) is 0 Å². The van der Waals surface area contributed by atoms with Crippen LogP contribution >= 0.6 is 11.6 Å². The number of nitrogens with two attached hydrogens (primary N) is 2.